The topological polar surface area (TPSA) is 90.9 Å². The van der Waals surface area contributed by atoms with Gasteiger partial charge in [-0.3, -0.25) is 9.79 Å². The Morgan fingerprint density at radius 1 is 1.05 bits per heavy atom. The summed E-state index contributed by atoms with van der Waals surface area (Å²) in [5.41, 5.74) is 4.04. The monoisotopic (exact) mass is 570 g/mol. The van der Waals surface area contributed by atoms with E-state index in [-0.39, 0.29) is 33.8 Å². The molecule has 1 atom stereocenters. The second-order valence-electron chi connectivity index (χ2n) is 9.31. The first kappa shape index (κ1) is 26.7. The second-order valence-corrected chi connectivity index (χ2v) is 12.0. The first-order chi connectivity index (χ1) is 18.3. The molecule has 0 aliphatic carbocycles. The molecule has 1 amide bonds. The molecule has 198 valence electrons. The van der Waals surface area contributed by atoms with Gasteiger partial charge in [-0.1, -0.05) is 71.7 Å². The van der Waals surface area contributed by atoms with Gasteiger partial charge in [0.2, 0.25) is 15.9 Å². The molecule has 5 rings (SSSR count). The molecule has 38 heavy (non-hydrogen) atoms. The predicted octanol–water partition coefficient (Wildman–Crippen LogP) is 4.38. The van der Waals surface area contributed by atoms with Gasteiger partial charge in [-0.2, -0.15) is 4.31 Å². The summed E-state index contributed by atoms with van der Waals surface area (Å²) in [7, 11) is -3.92. The van der Waals surface area contributed by atoms with Crippen molar-refractivity contribution >= 4 is 45.0 Å². The maximum absolute atomic E-state index is 13.7. The normalized spacial score (nSPS) is 17.4. The van der Waals surface area contributed by atoms with E-state index in [0.717, 1.165) is 41.2 Å². The molecule has 0 radical (unpaired) electrons. The number of benzene rings is 3. The van der Waals surface area contributed by atoms with E-state index in [4.69, 9.17) is 23.2 Å². The van der Waals surface area contributed by atoms with Gasteiger partial charge in [0.15, 0.2) is 0 Å². The minimum Gasteiger partial charge on any atom is -0.368 e. The van der Waals surface area contributed by atoms with Crippen molar-refractivity contribution in [2.75, 3.05) is 26.2 Å². The van der Waals surface area contributed by atoms with E-state index in [0.29, 0.717) is 19.4 Å². The number of carbonyl (C=O) groups is 1. The number of nitrogens with zero attached hydrogens (tertiary/aromatic N) is 2. The lowest BCUT2D eigenvalue weighted by atomic mass is 9.92. The average Bonchev–Trinajstić information content (AvgIpc) is 3.46. The highest BCUT2D eigenvalue weighted by molar-refractivity contribution is 7.89. The molecule has 0 saturated carbocycles. The number of rotatable bonds is 8. The van der Waals surface area contributed by atoms with E-state index >= 15 is 0 Å². The minimum atomic E-state index is -3.92. The molecule has 10 heteroatoms. The van der Waals surface area contributed by atoms with Gasteiger partial charge in [0.25, 0.3) is 0 Å². The van der Waals surface area contributed by atoms with Crippen LogP contribution >= 0.6 is 23.2 Å². The predicted molar refractivity (Wildman–Crippen MR) is 150 cm³/mol. The lowest BCUT2D eigenvalue weighted by molar-refractivity contribution is -0.122. The van der Waals surface area contributed by atoms with E-state index in [1.807, 2.05) is 48.5 Å². The molecule has 0 aromatic heterocycles. The summed E-state index contributed by atoms with van der Waals surface area (Å²) in [6, 6.07) is 19.5. The summed E-state index contributed by atoms with van der Waals surface area (Å²) in [6.45, 7) is 2.37. The van der Waals surface area contributed by atoms with Crippen LogP contribution in [0.4, 0.5) is 0 Å². The van der Waals surface area contributed by atoms with Crippen LogP contribution in [-0.2, 0) is 27.7 Å². The van der Waals surface area contributed by atoms with Crippen molar-refractivity contribution in [3.63, 3.8) is 0 Å². The highest BCUT2D eigenvalue weighted by Crippen LogP contribution is 2.37. The fraction of sp³-hybridized carbons (Fsp3) is 0.286. The molecule has 0 bridgehead atoms. The van der Waals surface area contributed by atoms with E-state index in [2.05, 4.69) is 15.6 Å². The number of hydrogen-bond acceptors (Lipinski definition) is 5. The maximum Gasteiger partial charge on any atom is 0.243 e. The third-order valence-electron chi connectivity index (χ3n) is 6.88. The Morgan fingerprint density at radius 3 is 2.58 bits per heavy atom. The Kier molecular flexibility index (Phi) is 8.04. The van der Waals surface area contributed by atoms with Gasteiger partial charge in [0, 0.05) is 31.6 Å². The SMILES string of the molecule is O=C(CC1c2ccccc2CCN1S(=O)(=O)c1ccc(Cl)c(Cl)c1)NCCc1ccc(C2=NCCN2)cc1. The van der Waals surface area contributed by atoms with Crippen molar-refractivity contribution < 1.29 is 13.2 Å². The number of aliphatic imine (C=N–C) groups is 1. The van der Waals surface area contributed by atoms with Crippen LogP contribution in [0, 0.1) is 0 Å². The van der Waals surface area contributed by atoms with Crippen molar-refractivity contribution in [3.05, 3.63) is 99.0 Å². The summed E-state index contributed by atoms with van der Waals surface area (Å²) >= 11 is 12.1. The molecular formula is C28H28Cl2N4O3S. The molecule has 2 aliphatic rings. The average molecular weight is 572 g/mol. The van der Waals surface area contributed by atoms with Crippen LogP contribution in [0.1, 0.15) is 34.7 Å². The highest BCUT2D eigenvalue weighted by atomic mass is 35.5. The standard InChI is InChI=1S/C28H28Cl2N4O3S/c29-24-10-9-22(17-25(24)30)38(36,37)34-16-12-20-3-1-2-4-23(20)26(34)18-27(35)31-13-11-19-5-7-21(8-6-19)28-32-14-15-33-28/h1-10,17,26H,11-16,18H2,(H,31,35)(H,32,33). The van der Waals surface area contributed by atoms with Gasteiger partial charge in [-0.25, -0.2) is 8.42 Å². The smallest absolute Gasteiger partial charge is 0.243 e. The number of sulfonamides is 1. The molecule has 2 aliphatic heterocycles. The molecule has 0 saturated heterocycles. The molecule has 0 fully saturated rings. The van der Waals surface area contributed by atoms with Gasteiger partial charge in [-0.15, -0.1) is 0 Å². The summed E-state index contributed by atoms with van der Waals surface area (Å²) in [4.78, 5) is 17.5. The summed E-state index contributed by atoms with van der Waals surface area (Å²) in [6.07, 6.45) is 1.24. The summed E-state index contributed by atoms with van der Waals surface area (Å²) in [5.74, 6) is 0.708. The van der Waals surface area contributed by atoms with Crippen LogP contribution in [-0.4, -0.2) is 50.6 Å². The molecule has 2 heterocycles. The summed E-state index contributed by atoms with van der Waals surface area (Å²) in [5, 5.41) is 6.68. The van der Waals surface area contributed by atoms with E-state index < -0.39 is 16.1 Å². The Morgan fingerprint density at radius 2 is 1.84 bits per heavy atom. The lowest BCUT2D eigenvalue weighted by Gasteiger charge is -2.36. The molecule has 0 spiro atoms. The van der Waals surface area contributed by atoms with Crippen molar-refractivity contribution in [2.45, 2.75) is 30.2 Å². The fourth-order valence-corrected chi connectivity index (χ4v) is 6.91. The molecule has 3 aromatic carbocycles. The highest BCUT2D eigenvalue weighted by Gasteiger charge is 2.37. The molecule has 1 unspecified atom stereocenters. The minimum absolute atomic E-state index is 0.0159. The third-order valence-corrected chi connectivity index (χ3v) is 9.52. The lowest BCUT2D eigenvalue weighted by Crippen LogP contribution is -2.42. The van der Waals surface area contributed by atoms with Gasteiger partial charge >= 0.3 is 0 Å². The molecule has 2 N–H and O–H groups in total. The second kappa shape index (κ2) is 11.5. The van der Waals surface area contributed by atoms with Crippen LogP contribution in [0.5, 0.6) is 0 Å². The van der Waals surface area contributed by atoms with E-state index in [9.17, 15) is 13.2 Å². The maximum atomic E-state index is 13.7. The van der Waals surface area contributed by atoms with Crippen LogP contribution in [0.25, 0.3) is 0 Å². The van der Waals surface area contributed by atoms with Gasteiger partial charge in [0.1, 0.15) is 5.84 Å². The van der Waals surface area contributed by atoms with Crippen LogP contribution < -0.4 is 10.6 Å². The molecule has 3 aromatic rings. The number of carbonyl (C=O) groups excluding carboxylic acids is 1. The number of nitrogens with one attached hydrogen (secondary N) is 2. The Labute approximate surface area is 232 Å². The molecule has 7 nitrogen and oxygen atoms in total. The largest absolute Gasteiger partial charge is 0.368 e. The Balaban J connectivity index is 1.28. The number of halogens is 2. The van der Waals surface area contributed by atoms with E-state index in [1.165, 1.54) is 22.5 Å². The first-order valence-corrected chi connectivity index (χ1v) is 14.7. The number of fused-ring (bicyclic) bond motifs is 1. The third kappa shape index (κ3) is 5.73. The van der Waals surface area contributed by atoms with E-state index in [1.54, 1.807) is 0 Å². The fourth-order valence-electron chi connectivity index (χ4n) is 4.92. The van der Waals surface area contributed by atoms with Gasteiger partial charge in [-0.05, 0) is 47.7 Å². The van der Waals surface area contributed by atoms with Crippen LogP contribution in [0.3, 0.4) is 0 Å². The Bertz CT molecular complexity index is 1480. The van der Waals surface area contributed by atoms with Gasteiger partial charge < -0.3 is 10.6 Å². The zero-order chi connectivity index (χ0) is 26.7. The van der Waals surface area contributed by atoms with Crippen molar-refractivity contribution in [2.24, 2.45) is 4.99 Å². The zero-order valence-corrected chi connectivity index (χ0v) is 23.0. The molecular weight excluding hydrogens is 543 g/mol. The zero-order valence-electron chi connectivity index (χ0n) is 20.7. The number of amides is 1. The van der Waals surface area contributed by atoms with Crippen molar-refractivity contribution in [3.8, 4) is 0 Å². The van der Waals surface area contributed by atoms with Crippen molar-refractivity contribution in [1.82, 2.24) is 14.9 Å². The first-order valence-electron chi connectivity index (χ1n) is 12.5. The van der Waals surface area contributed by atoms with Crippen LogP contribution in [0.15, 0.2) is 76.6 Å². The van der Waals surface area contributed by atoms with Gasteiger partial charge in [0.05, 0.1) is 27.5 Å². The quantitative estimate of drug-likeness (QED) is 0.420. The van der Waals surface area contributed by atoms with Crippen LogP contribution in [0.2, 0.25) is 10.0 Å². The Hall–Kier alpha value is -2.91. The summed E-state index contributed by atoms with van der Waals surface area (Å²) < 4.78 is 28.7. The van der Waals surface area contributed by atoms with Crippen molar-refractivity contribution in [1.29, 1.82) is 0 Å². The number of amidine groups is 1. The number of hydrogen-bond donors (Lipinski definition) is 2.